The number of β-amino-alcohol motifs (C(OH)–C–C–N with tert-alkyl or cyclic N) is 1. The molecule has 0 aliphatic carbocycles. The Kier molecular flexibility index (Phi) is 4.78. The van der Waals surface area contributed by atoms with Gasteiger partial charge in [-0.05, 0) is 31.2 Å². The topological polar surface area (TPSA) is 36.6 Å². The summed E-state index contributed by atoms with van der Waals surface area (Å²) >= 11 is 8.21. The molecule has 0 radical (unpaired) electrons. The number of aliphatic hydroxyl groups excluding tert-OH is 1. The minimum Gasteiger partial charge on any atom is -0.459 e. The number of benzene rings is 2. The summed E-state index contributed by atoms with van der Waals surface area (Å²) in [5.41, 5.74) is 1.99. The number of hydrogen-bond donors (Lipinski definition) is 1. The van der Waals surface area contributed by atoms with Gasteiger partial charge in [-0.1, -0.05) is 41.6 Å². The van der Waals surface area contributed by atoms with Crippen molar-refractivity contribution < 1.29 is 9.52 Å². The fraction of sp³-hybridized carbons (Fsp3) is 0.300. The summed E-state index contributed by atoms with van der Waals surface area (Å²) < 4.78 is 6.05. The average Bonchev–Trinajstić information content (AvgIpc) is 2.94. The van der Waals surface area contributed by atoms with Crippen LogP contribution in [-0.4, -0.2) is 29.2 Å². The van der Waals surface area contributed by atoms with Crippen molar-refractivity contribution in [2.24, 2.45) is 0 Å². The molecule has 1 atom stereocenters. The van der Waals surface area contributed by atoms with Gasteiger partial charge in [0.25, 0.3) is 0 Å². The van der Waals surface area contributed by atoms with Crippen molar-refractivity contribution in [3.05, 3.63) is 58.8 Å². The lowest BCUT2D eigenvalue weighted by molar-refractivity contribution is 0.117. The van der Waals surface area contributed by atoms with Crippen molar-refractivity contribution in [2.45, 2.75) is 35.8 Å². The van der Waals surface area contributed by atoms with E-state index in [2.05, 4.69) is 23.1 Å². The van der Waals surface area contributed by atoms with E-state index in [-0.39, 0.29) is 6.10 Å². The van der Waals surface area contributed by atoms with Gasteiger partial charge in [0.1, 0.15) is 5.76 Å². The van der Waals surface area contributed by atoms with Crippen molar-refractivity contribution in [2.75, 3.05) is 13.1 Å². The number of furan rings is 1. The third-order valence-electron chi connectivity index (χ3n) is 4.44. The molecule has 2 aromatic carbocycles. The summed E-state index contributed by atoms with van der Waals surface area (Å²) in [6, 6.07) is 14.4. The van der Waals surface area contributed by atoms with Crippen LogP contribution in [0.1, 0.15) is 18.2 Å². The number of aliphatic hydroxyl groups is 1. The standard InChI is InChI=1S/C20H20ClNO2S/c1-13(23)11-22-8-7-19-17(12-22)16-9-15(10-18(21)20(16)24-19)25-14-5-3-2-4-6-14/h2-6,9-10,13,23H,7-8,11-12H2,1H3. The molecule has 0 bridgehead atoms. The molecule has 3 nitrogen and oxygen atoms in total. The molecule has 0 saturated heterocycles. The summed E-state index contributed by atoms with van der Waals surface area (Å²) in [5.74, 6) is 1.03. The molecule has 4 rings (SSSR count). The van der Waals surface area contributed by atoms with Gasteiger partial charge in [0.05, 0.1) is 11.1 Å². The van der Waals surface area contributed by atoms with Crippen LogP contribution in [0, 0.1) is 0 Å². The predicted octanol–water partition coefficient (Wildman–Crippen LogP) is 4.98. The largest absolute Gasteiger partial charge is 0.459 e. The lowest BCUT2D eigenvalue weighted by Gasteiger charge is -2.27. The van der Waals surface area contributed by atoms with Crippen molar-refractivity contribution in [3.63, 3.8) is 0 Å². The molecule has 0 spiro atoms. The lowest BCUT2D eigenvalue weighted by atomic mass is 10.0. The Balaban J connectivity index is 1.70. The molecule has 25 heavy (non-hydrogen) atoms. The van der Waals surface area contributed by atoms with Crippen LogP contribution in [-0.2, 0) is 13.0 Å². The van der Waals surface area contributed by atoms with Crippen LogP contribution in [0.3, 0.4) is 0 Å². The highest BCUT2D eigenvalue weighted by Crippen LogP contribution is 2.39. The number of nitrogens with zero attached hydrogens (tertiary/aromatic N) is 1. The molecule has 5 heteroatoms. The normalized spacial score (nSPS) is 16.1. The van der Waals surface area contributed by atoms with E-state index < -0.39 is 0 Å². The number of halogens is 1. The van der Waals surface area contributed by atoms with Crippen LogP contribution in [0.15, 0.2) is 56.7 Å². The fourth-order valence-electron chi connectivity index (χ4n) is 3.38. The number of fused-ring (bicyclic) bond motifs is 3. The Bertz CT molecular complexity index is 892. The van der Waals surface area contributed by atoms with E-state index in [4.69, 9.17) is 16.0 Å². The second-order valence-electron chi connectivity index (χ2n) is 6.53. The van der Waals surface area contributed by atoms with E-state index in [1.54, 1.807) is 11.8 Å². The highest BCUT2D eigenvalue weighted by atomic mass is 35.5. The maximum Gasteiger partial charge on any atom is 0.153 e. The molecular weight excluding hydrogens is 354 g/mol. The Morgan fingerprint density at radius 2 is 2.04 bits per heavy atom. The van der Waals surface area contributed by atoms with Crippen molar-refractivity contribution in [3.8, 4) is 0 Å². The zero-order valence-electron chi connectivity index (χ0n) is 14.0. The van der Waals surface area contributed by atoms with Gasteiger partial charge in [-0.3, -0.25) is 4.90 Å². The SMILES string of the molecule is CC(O)CN1CCc2oc3c(Cl)cc(Sc4ccccc4)cc3c2C1. The van der Waals surface area contributed by atoms with Crippen molar-refractivity contribution in [1.29, 1.82) is 0 Å². The van der Waals surface area contributed by atoms with Crippen LogP contribution in [0.5, 0.6) is 0 Å². The Morgan fingerprint density at radius 1 is 1.24 bits per heavy atom. The molecule has 0 fully saturated rings. The predicted molar refractivity (Wildman–Crippen MR) is 102 cm³/mol. The first kappa shape index (κ1) is 17.0. The van der Waals surface area contributed by atoms with E-state index in [0.29, 0.717) is 11.6 Å². The summed E-state index contributed by atoms with van der Waals surface area (Å²) in [6.07, 6.45) is 0.529. The molecule has 2 heterocycles. The third kappa shape index (κ3) is 3.58. The van der Waals surface area contributed by atoms with Crippen LogP contribution in [0.2, 0.25) is 5.02 Å². The minimum atomic E-state index is -0.326. The summed E-state index contributed by atoms with van der Waals surface area (Å²) in [7, 11) is 0. The van der Waals surface area contributed by atoms with E-state index in [9.17, 15) is 5.11 Å². The molecule has 1 aromatic heterocycles. The summed E-state index contributed by atoms with van der Waals surface area (Å²) in [5, 5.41) is 11.4. The van der Waals surface area contributed by atoms with Gasteiger partial charge in [0.2, 0.25) is 0 Å². The average molecular weight is 374 g/mol. The van der Waals surface area contributed by atoms with Crippen molar-refractivity contribution in [1.82, 2.24) is 4.90 Å². The smallest absolute Gasteiger partial charge is 0.153 e. The van der Waals surface area contributed by atoms with Crippen LogP contribution in [0.25, 0.3) is 11.0 Å². The monoisotopic (exact) mass is 373 g/mol. The van der Waals surface area contributed by atoms with Gasteiger partial charge in [0, 0.05) is 46.8 Å². The number of hydrogen-bond acceptors (Lipinski definition) is 4. The molecule has 1 N–H and O–H groups in total. The van der Waals surface area contributed by atoms with E-state index >= 15 is 0 Å². The van der Waals surface area contributed by atoms with Crippen molar-refractivity contribution >= 4 is 34.3 Å². The Morgan fingerprint density at radius 3 is 2.80 bits per heavy atom. The fourth-order valence-corrected chi connectivity index (χ4v) is 4.62. The summed E-state index contributed by atoms with van der Waals surface area (Å²) in [4.78, 5) is 4.57. The summed E-state index contributed by atoms with van der Waals surface area (Å²) in [6.45, 7) is 4.21. The first-order valence-electron chi connectivity index (χ1n) is 8.47. The van der Waals surface area contributed by atoms with Crippen LogP contribution in [0.4, 0.5) is 0 Å². The molecular formula is C20H20ClNO2S. The molecule has 130 valence electrons. The van der Waals surface area contributed by atoms with Gasteiger partial charge in [-0.2, -0.15) is 0 Å². The second-order valence-corrected chi connectivity index (χ2v) is 8.09. The van der Waals surface area contributed by atoms with E-state index in [1.807, 2.05) is 31.2 Å². The molecule has 3 aromatic rings. The number of rotatable bonds is 4. The zero-order chi connectivity index (χ0) is 17.4. The van der Waals surface area contributed by atoms with Gasteiger partial charge in [-0.25, -0.2) is 0 Å². The molecule has 1 aliphatic heterocycles. The zero-order valence-corrected chi connectivity index (χ0v) is 15.6. The Hall–Kier alpha value is -1.46. The highest BCUT2D eigenvalue weighted by molar-refractivity contribution is 7.99. The molecule has 1 aliphatic rings. The van der Waals surface area contributed by atoms with E-state index in [1.165, 1.54) is 10.5 Å². The Labute approximate surface area is 156 Å². The van der Waals surface area contributed by atoms with Crippen LogP contribution >= 0.6 is 23.4 Å². The minimum absolute atomic E-state index is 0.326. The van der Waals surface area contributed by atoms with Gasteiger partial charge in [-0.15, -0.1) is 0 Å². The molecule has 1 unspecified atom stereocenters. The quantitative estimate of drug-likeness (QED) is 0.700. The van der Waals surface area contributed by atoms with Gasteiger partial charge < -0.3 is 9.52 Å². The maximum atomic E-state index is 9.68. The second kappa shape index (κ2) is 7.04. The highest BCUT2D eigenvalue weighted by Gasteiger charge is 2.24. The first-order valence-corrected chi connectivity index (χ1v) is 9.66. The van der Waals surface area contributed by atoms with E-state index in [0.717, 1.165) is 41.1 Å². The molecule has 0 saturated carbocycles. The third-order valence-corrected chi connectivity index (χ3v) is 5.70. The van der Waals surface area contributed by atoms with Crippen LogP contribution < -0.4 is 0 Å². The maximum absolute atomic E-state index is 9.68. The first-order chi connectivity index (χ1) is 12.1. The van der Waals surface area contributed by atoms with Gasteiger partial charge >= 0.3 is 0 Å². The lowest BCUT2D eigenvalue weighted by Crippen LogP contribution is -2.35. The van der Waals surface area contributed by atoms with Gasteiger partial charge in [0.15, 0.2) is 5.58 Å². The molecule has 0 amide bonds.